The summed E-state index contributed by atoms with van der Waals surface area (Å²) in [4.78, 5) is 4.29. The van der Waals surface area contributed by atoms with Crippen molar-refractivity contribution in [3.8, 4) is 0 Å². The summed E-state index contributed by atoms with van der Waals surface area (Å²) in [5.41, 5.74) is 1.04. The van der Waals surface area contributed by atoms with Gasteiger partial charge >= 0.3 is 0 Å². The number of methoxy groups -OCH3 is 1. The fourth-order valence-corrected chi connectivity index (χ4v) is 1.36. The Kier molecular flexibility index (Phi) is 2.10. The molecule has 0 fully saturated rings. The Labute approximate surface area is 70.9 Å². The number of fused-ring (bicyclic) bond motifs is 1. The minimum absolute atomic E-state index is 0.465. The molecule has 1 aromatic heterocycles. The van der Waals surface area contributed by atoms with E-state index < -0.39 is 0 Å². The first-order chi connectivity index (χ1) is 5.90. The van der Waals surface area contributed by atoms with E-state index >= 15 is 0 Å². The number of hydrogen-bond donors (Lipinski definition) is 1. The maximum Gasteiger partial charge on any atom is 0.220 e. The number of aromatic nitrogens is 1. The van der Waals surface area contributed by atoms with Crippen LogP contribution in [-0.2, 0) is 24.3 Å². The van der Waals surface area contributed by atoms with Crippen LogP contribution in [0.4, 0.5) is 0 Å². The van der Waals surface area contributed by atoms with E-state index in [0.29, 0.717) is 12.5 Å². The van der Waals surface area contributed by atoms with Crippen molar-refractivity contribution in [1.29, 1.82) is 0 Å². The molecule has 0 radical (unpaired) electrons. The Hall–Kier alpha value is -0.870. The van der Waals surface area contributed by atoms with Crippen LogP contribution in [0.3, 0.4) is 0 Å². The number of nitrogens with one attached hydrogen (secondary N) is 1. The van der Waals surface area contributed by atoms with E-state index in [1.807, 2.05) is 0 Å². The van der Waals surface area contributed by atoms with Crippen molar-refractivity contribution in [2.24, 2.45) is 0 Å². The molecule has 2 rings (SSSR count). The summed E-state index contributed by atoms with van der Waals surface area (Å²) in [5.74, 6) is 1.70. The normalized spacial score (nSPS) is 16.1. The fourth-order valence-electron chi connectivity index (χ4n) is 1.36. The van der Waals surface area contributed by atoms with E-state index in [0.717, 1.165) is 31.0 Å². The van der Waals surface area contributed by atoms with E-state index in [1.165, 1.54) is 0 Å². The quantitative estimate of drug-likeness (QED) is 0.697. The van der Waals surface area contributed by atoms with Gasteiger partial charge in [0, 0.05) is 26.6 Å². The van der Waals surface area contributed by atoms with Crippen LogP contribution in [0.25, 0.3) is 0 Å². The van der Waals surface area contributed by atoms with Gasteiger partial charge in [0.15, 0.2) is 0 Å². The largest absolute Gasteiger partial charge is 0.443 e. The topological polar surface area (TPSA) is 47.3 Å². The predicted molar refractivity (Wildman–Crippen MR) is 42.6 cm³/mol. The zero-order chi connectivity index (χ0) is 8.39. The van der Waals surface area contributed by atoms with Crippen molar-refractivity contribution >= 4 is 0 Å². The number of rotatable bonds is 2. The monoisotopic (exact) mass is 168 g/mol. The highest BCUT2D eigenvalue weighted by molar-refractivity contribution is 5.12. The van der Waals surface area contributed by atoms with Crippen LogP contribution in [0.15, 0.2) is 4.42 Å². The first kappa shape index (κ1) is 7.76. The van der Waals surface area contributed by atoms with Gasteiger partial charge in [0.05, 0.1) is 5.69 Å². The standard InChI is InChI=1S/C8H12N2O2/c1-11-5-8-10-6-4-9-3-2-7(6)12-8/h9H,2-5H2,1H3. The molecule has 0 saturated carbocycles. The van der Waals surface area contributed by atoms with E-state index in [2.05, 4.69) is 10.3 Å². The summed E-state index contributed by atoms with van der Waals surface area (Å²) in [6, 6.07) is 0. The number of oxazole rings is 1. The number of ether oxygens (including phenoxy) is 1. The van der Waals surface area contributed by atoms with Gasteiger partial charge in [-0.2, -0.15) is 0 Å². The van der Waals surface area contributed by atoms with Gasteiger partial charge in [-0.15, -0.1) is 0 Å². The Bertz CT molecular complexity index is 247. The summed E-state index contributed by atoms with van der Waals surface area (Å²) in [7, 11) is 1.64. The van der Waals surface area contributed by atoms with Crippen LogP contribution in [0, 0.1) is 0 Å². The lowest BCUT2D eigenvalue weighted by Gasteiger charge is -2.08. The highest BCUT2D eigenvalue weighted by Crippen LogP contribution is 2.14. The lowest BCUT2D eigenvalue weighted by atomic mass is 10.2. The average molecular weight is 168 g/mol. The van der Waals surface area contributed by atoms with Crippen molar-refractivity contribution in [2.75, 3.05) is 13.7 Å². The van der Waals surface area contributed by atoms with Gasteiger partial charge in [0.1, 0.15) is 12.4 Å². The first-order valence-corrected chi connectivity index (χ1v) is 4.07. The number of nitrogens with zero attached hydrogens (tertiary/aromatic N) is 1. The summed E-state index contributed by atoms with van der Waals surface area (Å²) in [5, 5.41) is 3.23. The van der Waals surface area contributed by atoms with Crippen LogP contribution in [-0.4, -0.2) is 18.6 Å². The highest BCUT2D eigenvalue weighted by atomic mass is 16.5. The van der Waals surface area contributed by atoms with Crippen LogP contribution in [0.2, 0.25) is 0 Å². The average Bonchev–Trinajstić information content (AvgIpc) is 2.47. The molecule has 2 heterocycles. The Morgan fingerprint density at radius 3 is 3.33 bits per heavy atom. The third-order valence-electron chi connectivity index (χ3n) is 1.91. The minimum atomic E-state index is 0.465. The Morgan fingerprint density at radius 2 is 2.58 bits per heavy atom. The van der Waals surface area contributed by atoms with Gasteiger partial charge in [0.25, 0.3) is 0 Å². The van der Waals surface area contributed by atoms with E-state index in [1.54, 1.807) is 7.11 Å². The molecule has 1 aliphatic rings. The van der Waals surface area contributed by atoms with E-state index in [4.69, 9.17) is 9.15 Å². The highest BCUT2D eigenvalue weighted by Gasteiger charge is 2.15. The van der Waals surface area contributed by atoms with Gasteiger partial charge in [-0.25, -0.2) is 4.98 Å². The lowest BCUT2D eigenvalue weighted by Crippen LogP contribution is -2.22. The molecule has 66 valence electrons. The lowest BCUT2D eigenvalue weighted by molar-refractivity contribution is 0.158. The molecule has 12 heavy (non-hydrogen) atoms. The molecule has 4 nitrogen and oxygen atoms in total. The second-order valence-electron chi connectivity index (χ2n) is 2.84. The molecule has 0 bridgehead atoms. The molecule has 0 amide bonds. The Balaban J connectivity index is 2.20. The molecule has 0 spiro atoms. The molecule has 0 aromatic carbocycles. The molecule has 1 aromatic rings. The van der Waals surface area contributed by atoms with Crippen LogP contribution < -0.4 is 5.32 Å². The van der Waals surface area contributed by atoms with Crippen molar-refractivity contribution in [2.45, 2.75) is 19.6 Å². The summed E-state index contributed by atoms with van der Waals surface area (Å²) in [6.45, 7) is 2.27. The van der Waals surface area contributed by atoms with Crippen LogP contribution in [0.5, 0.6) is 0 Å². The van der Waals surface area contributed by atoms with Crippen molar-refractivity contribution in [3.05, 3.63) is 17.3 Å². The second kappa shape index (κ2) is 3.25. The molecule has 1 N–H and O–H groups in total. The van der Waals surface area contributed by atoms with Gasteiger partial charge in [0.2, 0.25) is 5.89 Å². The molecule has 1 aliphatic heterocycles. The van der Waals surface area contributed by atoms with Gasteiger partial charge in [-0.3, -0.25) is 0 Å². The smallest absolute Gasteiger partial charge is 0.220 e. The molecule has 0 atom stereocenters. The molecule has 4 heteroatoms. The zero-order valence-electron chi connectivity index (χ0n) is 7.09. The third-order valence-corrected chi connectivity index (χ3v) is 1.91. The third kappa shape index (κ3) is 1.35. The zero-order valence-corrected chi connectivity index (χ0v) is 7.09. The van der Waals surface area contributed by atoms with Crippen molar-refractivity contribution in [3.63, 3.8) is 0 Å². The maximum absolute atomic E-state index is 5.47. The molecule has 0 unspecified atom stereocenters. The molecule has 0 aliphatic carbocycles. The second-order valence-corrected chi connectivity index (χ2v) is 2.84. The molecular weight excluding hydrogens is 156 g/mol. The van der Waals surface area contributed by atoms with E-state index in [9.17, 15) is 0 Å². The van der Waals surface area contributed by atoms with Crippen LogP contribution in [0.1, 0.15) is 17.3 Å². The predicted octanol–water partition coefficient (Wildman–Crippen LogP) is 0.467. The van der Waals surface area contributed by atoms with Crippen molar-refractivity contribution < 1.29 is 9.15 Å². The van der Waals surface area contributed by atoms with Gasteiger partial charge < -0.3 is 14.5 Å². The summed E-state index contributed by atoms with van der Waals surface area (Å²) in [6.07, 6.45) is 0.937. The number of hydrogen-bond acceptors (Lipinski definition) is 4. The maximum atomic E-state index is 5.47. The summed E-state index contributed by atoms with van der Waals surface area (Å²) >= 11 is 0. The SMILES string of the molecule is COCc1nc2c(o1)CCNC2. The van der Waals surface area contributed by atoms with Gasteiger partial charge in [-0.05, 0) is 0 Å². The minimum Gasteiger partial charge on any atom is -0.443 e. The Morgan fingerprint density at radius 1 is 1.67 bits per heavy atom. The van der Waals surface area contributed by atoms with Crippen molar-refractivity contribution in [1.82, 2.24) is 10.3 Å². The van der Waals surface area contributed by atoms with Gasteiger partial charge in [-0.1, -0.05) is 0 Å². The van der Waals surface area contributed by atoms with E-state index in [-0.39, 0.29) is 0 Å². The van der Waals surface area contributed by atoms with Crippen LogP contribution >= 0.6 is 0 Å². The summed E-state index contributed by atoms with van der Waals surface area (Å²) < 4.78 is 10.4. The molecular formula is C8H12N2O2. The molecule has 0 saturated heterocycles. The fraction of sp³-hybridized carbons (Fsp3) is 0.625. The first-order valence-electron chi connectivity index (χ1n) is 4.07.